The van der Waals surface area contributed by atoms with Crippen molar-refractivity contribution in [3.8, 4) is 0 Å². The quantitative estimate of drug-likeness (QED) is 0.646. The van der Waals surface area contributed by atoms with Gasteiger partial charge in [-0.25, -0.2) is 4.98 Å². The average Bonchev–Trinajstić information content (AvgIpc) is 3.24. The number of nitrogens with zero attached hydrogens (tertiary/aromatic N) is 3. The largest absolute Gasteiger partial charge is 0.440 e. The van der Waals surface area contributed by atoms with E-state index in [0.717, 1.165) is 75.4 Å². The zero-order chi connectivity index (χ0) is 20.3. The first-order chi connectivity index (χ1) is 14.8. The van der Waals surface area contributed by atoms with Crippen LogP contribution < -0.4 is 0 Å². The van der Waals surface area contributed by atoms with Gasteiger partial charge in [-0.1, -0.05) is 42.5 Å². The number of oxazole rings is 1. The highest BCUT2D eigenvalue weighted by Crippen LogP contribution is 2.31. The van der Waals surface area contributed by atoms with Crippen LogP contribution in [0.2, 0.25) is 0 Å². The minimum atomic E-state index is 0.128. The second-order valence-electron chi connectivity index (χ2n) is 8.68. The minimum absolute atomic E-state index is 0.128. The number of piperidine rings is 2. The van der Waals surface area contributed by atoms with E-state index in [1.54, 1.807) is 0 Å². The Balaban J connectivity index is 1.17. The van der Waals surface area contributed by atoms with Crippen LogP contribution in [0.3, 0.4) is 0 Å². The molecule has 2 saturated heterocycles. The molecule has 0 radical (unpaired) electrons. The zero-order valence-electron chi connectivity index (χ0n) is 17.4. The Morgan fingerprint density at radius 3 is 2.53 bits per heavy atom. The third-order valence-electron chi connectivity index (χ3n) is 6.57. The molecule has 3 aromatic rings. The van der Waals surface area contributed by atoms with Crippen molar-refractivity contribution in [1.82, 2.24) is 14.8 Å². The molecule has 1 unspecified atom stereocenters. The predicted octanol–water partition coefficient (Wildman–Crippen LogP) is 4.45. The molecule has 156 valence electrons. The highest BCUT2D eigenvalue weighted by atomic mass is 16.3. The van der Waals surface area contributed by atoms with E-state index in [2.05, 4.69) is 45.1 Å². The molecule has 0 spiro atoms. The molecule has 3 heterocycles. The van der Waals surface area contributed by atoms with Gasteiger partial charge in [-0.05, 0) is 49.9 Å². The molecule has 1 atom stereocenters. The maximum atomic E-state index is 13.2. The van der Waals surface area contributed by atoms with Crippen LogP contribution in [0.1, 0.15) is 43.1 Å². The number of hydrogen-bond donors (Lipinski definition) is 0. The number of likely N-dealkylation sites (tertiary alicyclic amines) is 2. The number of rotatable bonds is 4. The molecule has 0 saturated carbocycles. The molecule has 1 aromatic heterocycles. The molecule has 2 fully saturated rings. The van der Waals surface area contributed by atoms with Gasteiger partial charge in [-0.2, -0.15) is 0 Å². The summed E-state index contributed by atoms with van der Waals surface area (Å²) < 4.78 is 5.97. The average molecular weight is 404 g/mol. The van der Waals surface area contributed by atoms with Crippen LogP contribution in [0.4, 0.5) is 0 Å². The second-order valence-corrected chi connectivity index (χ2v) is 8.68. The molecular formula is C25H29N3O2. The Hall–Kier alpha value is -2.66. The van der Waals surface area contributed by atoms with E-state index in [9.17, 15) is 4.79 Å². The number of carbonyl (C=O) groups is 1. The summed E-state index contributed by atoms with van der Waals surface area (Å²) in [6.07, 6.45) is 3.97. The Morgan fingerprint density at radius 1 is 0.967 bits per heavy atom. The van der Waals surface area contributed by atoms with Crippen LogP contribution in [0.5, 0.6) is 0 Å². The number of amides is 1. The fraction of sp³-hybridized carbons (Fsp3) is 0.440. The summed E-state index contributed by atoms with van der Waals surface area (Å²) in [4.78, 5) is 22.4. The fourth-order valence-corrected chi connectivity index (χ4v) is 4.91. The van der Waals surface area contributed by atoms with Crippen molar-refractivity contribution >= 4 is 17.0 Å². The Kier molecular flexibility index (Phi) is 5.54. The van der Waals surface area contributed by atoms with E-state index in [-0.39, 0.29) is 5.92 Å². The lowest BCUT2D eigenvalue weighted by molar-refractivity contribution is -0.138. The minimum Gasteiger partial charge on any atom is -0.440 e. The van der Waals surface area contributed by atoms with Crippen molar-refractivity contribution in [2.45, 2.75) is 38.1 Å². The van der Waals surface area contributed by atoms with Gasteiger partial charge in [0.1, 0.15) is 5.52 Å². The normalized spacial score (nSPS) is 21.2. The summed E-state index contributed by atoms with van der Waals surface area (Å²) in [7, 11) is 0. The van der Waals surface area contributed by atoms with Crippen LogP contribution in [0.15, 0.2) is 59.0 Å². The first kappa shape index (κ1) is 19.3. The number of para-hydroxylation sites is 2. The summed E-state index contributed by atoms with van der Waals surface area (Å²) in [5.74, 6) is 1.60. The number of fused-ring (bicyclic) bond motifs is 1. The highest BCUT2D eigenvalue weighted by molar-refractivity contribution is 5.79. The Labute approximate surface area is 177 Å². The van der Waals surface area contributed by atoms with E-state index >= 15 is 0 Å². The smallest absolute Gasteiger partial charge is 0.226 e. The summed E-state index contributed by atoms with van der Waals surface area (Å²) in [6.45, 7) is 4.50. The van der Waals surface area contributed by atoms with Gasteiger partial charge in [0.2, 0.25) is 5.91 Å². The van der Waals surface area contributed by atoms with Crippen LogP contribution in [0, 0.1) is 5.92 Å². The van der Waals surface area contributed by atoms with Crippen LogP contribution in [0.25, 0.3) is 11.1 Å². The third-order valence-corrected chi connectivity index (χ3v) is 6.57. The SMILES string of the molecule is O=C(C1CCCN(Cc2ccccc2)C1)N1CCC(c2nc3ccccc3o2)CC1. The zero-order valence-corrected chi connectivity index (χ0v) is 17.4. The van der Waals surface area contributed by atoms with E-state index in [4.69, 9.17) is 4.42 Å². The number of carbonyl (C=O) groups excluding carboxylic acids is 1. The molecule has 2 aliphatic rings. The van der Waals surface area contributed by atoms with Crippen LogP contribution in [-0.4, -0.2) is 46.9 Å². The maximum absolute atomic E-state index is 13.2. The van der Waals surface area contributed by atoms with E-state index in [1.807, 2.05) is 24.3 Å². The molecule has 0 aliphatic carbocycles. The van der Waals surface area contributed by atoms with E-state index in [1.165, 1.54) is 5.56 Å². The third kappa shape index (κ3) is 4.12. The van der Waals surface area contributed by atoms with Crippen LogP contribution >= 0.6 is 0 Å². The molecule has 0 bridgehead atoms. The summed E-state index contributed by atoms with van der Waals surface area (Å²) in [5.41, 5.74) is 3.10. The first-order valence-electron chi connectivity index (χ1n) is 11.2. The summed E-state index contributed by atoms with van der Waals surface area (Å²) in [6, 6.07) is 18.5. The number of benzene rings is 2. The lowest BCUT2D eigenvalue weighted by atomic mass is 9.92. The van der Waals surface area contributed by atoms with Gasteiger partial charge < -0.3 is 9.32 Å². The molecular weight excluding hydrogens is 374 g/mol. The second kappa shape index (κ2) is 8.60. The molecule has 5 rings (SSSR count). The highest BCUT2D eigenvalue weighted by Gasteiger charge is 2.32. The topological polar surface area (TPSA) is 49.6 Å². The van der Waals surface area contributed by atoms with Gasteiger partial charge >= 0.3 is 0 Å². The first-order valence-corrected chi connectivity index (χ1v) is 11.2. The maximum Gasteiger partial charge on any atom is 0.226 e. The van der Waals surface area contributed by atoms with Gasteiger partial charge in [0.05, 0.1) is 5.92 Å². The standard InChI is InChI=1S/C25H29N3O2/c29-25(21-9-6-14-27(18-21)17-19-7-2-1-3-8-19)28-15-12-20(13-16-28)24-26-22-10-4-5-11-23(22)30-24/h1-5,7-8,10-11,20-21H,6,9,12-18H2. The van der Waals surface area contributed by atoms with Crippen LogP contribution in [-0.2, 0) is 11.3 Å². The lowest BCUT2D eigenvalue weighted by Gasteiger charge is -2.37. The monoisotopic (exact) mass is 403 g/mol. The Bertz CT molecular complexity index is 959. The summed E-state index contributed by atoms with van der Waals surface area (Å²) in [5, 5.41) is 0. The van der Waals surface area contributed by atoms with Crippen molar-refractivity contribution in [3.05, 3.63) is 66.1 Å². The Morgan fingerprint density at radius 2 is 1.73 bits per heavy atom. The van der Waals surface area contributed by atoms with Gasteiger partial charge in [0.25, 0.3) is 0 Å². The van der Waals surface area contributed by atoms with Gasteiger partial charge in [0.15, 0.2) is 11.5 Å². The fourth-order valence-electron chi connectivity index (χ4n) is 4.91. The van der Waals surface area contributed by atoms with Crippen molar-refractivity contribution in [2.24, 2.45) is 5.92 Å². The van der Waals surface area contributed by atoms with E-state index in [0.29, 0.717) is 11.8 Å². The van der Waals surface area contributed by atoms with Gasteiger partial charge in [0, 0.05) is 32.1 Å². The molecule has 5 nitrogen and oxygen atoms in total. The molecule has 0 N–H and O–H groups in total. The molecule has 1 amide bonds. The summed E-state index contributed by atoms with van der Waals surface area (Å²) >= 11 is 0. The van der Waals surface area contributed by atoms with Gasteiger partial charge in [-0.3, -0.25) is 9.69 Å². The number of hydrogen-bond acceptors (Lipinski definition) is 4. The van der Waals surface area contributed by atoms with E-state index < -0.39 is 0 Å². The predicted molar refractivity (Wildman–Crippen MR) is 117 cm³/mol. The van der Waals surface area contributed by atoms with Crippen molar-refractivity contribution in [3.63, 3.8) is 0 Å². The molecule has 30 heavy (non-hydrogen) atoms. The molecule has 2 aromatic carbocycles. The van der Waals surface area contributed by atoms with Crippen molar-refractivity contribution < 1.29 is 9.21 Å². The van der Waals surface area contributed by atoms with Crippen molar-refractivity contribution in [1.29, 1.82) is 0 Å². The van der Waals surface area contributed by atoms with Gasteiger partial charge in [-0.15, -0.1) is 0 Å². The van der Waals surface area contributed by atoms with Crippen molar-refractivity contribution in [2.75, 3.05) is 26.2 Å². The lowest BCUT2D eigenvalue weighted by Crippen LogP contribution is -2.46. The molecule has 2 aliphatic heterocycles. The number of aromatic nitrogens is 1. The molecule has 5 heteroatoms.